The SMILES string of the molecule is CSCC(Cc1c(Br)c(C)nn1C)NN. The van der Waals surface area contributed by atoms with Gasteiger partial charge in [0.15, 0.2) is 0 Å². The van der Waals surface area contributed by atoms with Crippen molar-refractivity contribution in [2.45, 2.75) is 19.4 Å². The zero-order chi connectivity index (χ0) is 11.4. The van der Waals surface area contributed by atoms with Crippen LogP contribution in [0.4, 0.5) is 0 Å². The Bertz CT molecular complexity index is 326. The lowest BCUT2D eigenvalue weighted by Gasteiger charge is -2.14. The molecule has 0 bridgehead atoms. The molecule has 0 fully saturated rings. The molecule has 0 aliphatic carbocycles. The van der Waals surface area contributed by atoms with Crippen LogP contribution >= 0.6 is 27.7 Å². The summed E-state index contributed by atoms with van der Waals surface area (Å²) < 4.78 is 3.00. The van der Waals surface area contributed by atoms with Gasteiger partial charge in [0.25, 0.3) is 0 Å². The van der Waals surface area contributed by atoms with E-state index in [4.69, 9.17) is 5.84 Å². The van der Waals surface area contributed by atoms with Gasteiger partial charge in [0, 0.05) is 25.3 Å². The van der Waals surface area contributed by atoms with E-state index < -0.39 is 0 Å². The summed E-state index contributed by atoms with van der Waals surface area (Å²) in [6.45, 7) is 1.99. The van der Waals surface area contributed by atoms with Crippen molar-refractivity contribution >= 4 is 27.7 Å². The Hall–Kier alpha value is -0.0400. The number of aromatic nitrogens is 2. The Balaban J connectivity index is 2.78. The zero-order valence-corrected chi connectivity index (χ0v) is 11.7. The van der Waals surface area contributed by atoms with Crippen LogP contribution in [-0.4, -0.2) is 27.8 Å². The molecule has 1 unspecified atom stereocenters. The lowest BCUT2D eigenvalue weighted by molar-refractivity contribution is 0.550. The van der Waals surface area contributed by atoms with Gasteiger partial charge in [-0.25, -0.2) is 0 Å². The van der Waals surface area contributed by atoms with E-state index in [1.165, 1.54) is 5.69 Å². The van der Waals surface area contributed by atoms with Gasteiger partial charge in [-0.3, -0.25) is 16.0 Å². The molecule has 1 aromatic heterocycles. The third-order valence-electron chi connectivity index (χ3n) is 2.30. The first-order valence-electron chi connectivity index (χ1n) is 4.73. The molecule has 0 aromatic carbocycles. The summed E-state index contributed by atoms with van der Waals surface area (Å²) in [6.07, 6.45) is 2.96. The third-order valence-corrected chi connectivity index (χ3v) is 4.07. The predicted molar refractivity (Wildman–Crippen MR) is 68.8 cm³/mol. The van der Waals surface area contributed by atoms with Crippen molar-refractivity contribution in [3.8, 4) is 0 Å². The second-order valence-corrected chi connectivity index (χ2v) is 5.20. The second-order valence-electron chi connectivity index (χ2n) is 3.49. The van der Waals surface area contributed by atoms with E-state index in [0.29, 0.717) is 0 Å². The maximum atomic E-state index is 5.51. The molecule has 0 aliphatic heterocycles. The molecule has 1 heterocycles. The highest BCUT2D eigenvalue weighted by Crippen LogP contribution is 2.21. The number of hydrogen-bond donors (Lipinski definition) is 2. The summed E-state index contributed by atoms with van der Waals surface area (Å²) in [6, 6.07) is 0.283. The van der Waals surface area contributed by atoms with Gasteiger partial charge in [-0.2, -0.15) is 16.9 Å². The number of halogens is 1. The van der Waals surface area contributed by atoms with Gasteiger partial charge in [-0.1, -0.05) is 0 Å². The molecule has 15 heavy (non-hydrogen) atoms. The molecule has 0 saturated heterocycles. The second kappa shape index (κ2) is 5.89. The quantitative estimate of drug-likeness (QED) is 0.633. The summed E-state index contributed by atoms with van der Waals surface area (Å²) in [5, 5.41) is 4.35. The smallest absolute Gasteiger partial charge is 0.0738 e. The molecule has 0 radical (unpaired) electrons. The molecule has 0 amide bonds. The van der Waals surface area contributed by atoms with E-state index in [9.17, 15) is 0 Å². The average Bonchev–Trinajstić information content (AvgIpc) is 2.44. The topological polar surface area (TPSA) is 55.9 Å². The van der Waals surface area contributed by atoms with Crippen LogP contribution in [-0.2, 0) is 13.5 Å². The number of aryl methyl sites for hydroxylation is 2. The molecule has 6 heteroatoms. The van der Waals surface area contributed by atoms with Crippen molar-refractivity contribution < 1.29 is 0 Å². The van der Waals surface area contributed by atoms with Crippen LogP contribution < -0.4 is 11.3 Å². The van der Waals surface area contributed by atoms with E-state index in [0.717, 1.165) is 22.3 Å². The Morgan fingerprint density at radius 1 is 1.67 bits per heavy atom. The highest BCUT2D eigenvalue weighted by atomic mass is 79.9. The van der Waals surface area contributed by atoms with Crippen molar-refractivity contribution in [1.29, 1.82) is 0 Å². The van der Waals surface area contributed by atoms with Crippen molar-refractivity contribution in [3.63, 3.8) is 0 Å². The number of nitrogens with two attached hydrogens (primary N) is 1. The molecule has 3 N–H and O–H groups in total. The van der Waals surface area contributed by atoms with Gasteiger partial charge in [-0.05, 0) is 29.1 Å². The van der Waals surface area contributed by atoms with Gasteiger partial charge < -0.3 is 0 Å². The van der Waals surface area contributed by atoms with Crippen molar-refractivity contribution in [2.75, 3.05) is 12.0 Å². The fourth-order valence-corrected chi connectivity index (χ4v) is 2.62. The molecule has 0 saturated carbocycles. The molecule has 86 valence electrons. The number of hydrogen-bond acceptors (Lipinski definition) is 4. The van der Waals surface area contributed by atoms with Crippen LogP contribution in [0.25, 0.3) is 0 Å². The minimum Gasteiger partial charge on any atom is -0.271 e. The van der Waals surface area contributed by atoms with Gasteiger partial charge in [0.05, 0.1) is 15.9 Å². The van der Waals surface area contributed by atoms with E-state index in [-0.39, 0.29) is 6.04 Å². The number of rotatable bonds is 5. The van der Waals surface area contributed by atoms with Crippen LogP contribution in [0.5, 0.6) is 0 Å². The first-order valence-corrected chi connectivity index (χ1v) is 6.91. The summed E-state index contributed by atoms with van der Waals surface area (Å²) in [5.74, 6) is 6.50. The molecule has 0 aliphatic rings. The normalized spacial score (nSPS) is 13.1. The predicted octanol–water partition coefficient (Wildman–Crippen LogP) is 1.23. The lowest BCUT2D eigenvalue weighted by atomic mass is 10.2. The van der Waals surface area contributed by atoms with Crippen molar-refractivity contribution in [3.05, 3.63) is 15.9 Å². The first-order chi connectivity index (χ1) is 7.10. The summed E-state index contributed by atoms with van der Waals surface area (Å²) in [7, 11) is 1.96. The number of thioether (sulfide) groups is 1. The maximum absolute atomic E-state index is 5.51. The molecule has 0 spiro atoms. The summed E-state index contributed by atoms with van der Waals surface area (Å²) >= 11 is 5.34. The van der Waals surface area contributed by atoms with Crippen LogP contribution in [0.2, 0.25) is 0 Å². The van der Waals surface area contributed by atoms with Gasteiger partial charge >= 0.3 is 0 Å². The zero-order valence-electron chi connectivity index (χ0n) is 9.25. The van der Waals surface area contributed by atoms with Crippen LogP contribution in [0.3, 0.4) is 0 Å². The van der Waals surface area contributed by atoms with E-state index in [1.54, 1.807) is 11.8 Å². The molecule has 1 atom stereocenters. The van der Waals surface area contributed by atoms with Gasteiger partial charge in [0.1, 0.15) is 0 Å². The standard InChI is InChI=1S/C9H17BrN4S/c1-6-9(10)8(14(2)13-6)4-7(12-11)5-15-3/h7,12H,4-5,11H2,1-3H3. The number of nitrogens with one attached hydrogen (secondary N) is 1. The Morgan fingerprint density at radius 2 is 2.33 bits per heavy atom. The Morgan fingerprint density at radius 3 is 2.73 bits per heavy atom. The maximum Gasteiger partial charge on any atom is 0.0738 e. The van der Waals surface area contributed by atoms with Crippen molar-refractivity contribution in [2.24, 2.45) is 12.9 Å². The average molecular weight is 293 g/mol. The molecular weight excluding hydrogens is 276 g/mol. The van der Waals surface area contributed by atoms with E-state index in [2.05, 4.69) is 32.7 Å². The van der Waals surface area contributed by atoms with Crippen LogP contribution in [0, 0.1) is 6.92 Å². The summed E-state index contributed by atoms with van der Waals surface area (Å²) in [4.78, 5) is 0. The fourth-order valence-electron chi connectivity index (χ4n) is 1.50. The minimum atomic E-state index is 0.283. The van der Waals surface area contributed by atoms with E-state index in [1.807, 2.05) is 18.7 Å². The van der Waals surface area contributed by atoms with Crippen LogP contribution in [0.15, 0.2) is 4.47 Å². The highest BCUT2D eigenvalue weighted by Gasteiger charge is 2.15. The largest absolute Gasteiger partial charge is 0.271 e. The van der Waals surface area contributed by atoms with Gasteiger partial charge in [-0.15, -0.1) is 0 Å². The molecular formula is C9H17BrN4S. The van der Waals surface area contributed by atoms with Crippen molar-refractivity contribution in [1.82, 2.24) is 15.2 Å². The lowest BCUT2D eigenvalue weighted by Crippen LogP contribution is -2.39. The summed E-state index contributed by atoms with van der Waals surface area (Å²) in [5.41, 5.74) is 5.04. The number of nitrogens with zero attached hydrogens (tertiary/aromatic N) is 2. The minimum absolute atomic E-state index is 0.283. The molecule has 1 aromatic rings. The van der Waals surface area contributed by atoms with Gasteiger partial charge in [0.2, 0.25) is 0 Å². The third kappa shape index (κ3) is 3.21. The van der Waals surface area contributed by atoms with Crippen LogP contribution in [0.1, 0.15) is 11.4 Å². The Kier molecular flexibility index (Phi) is 5.11. The first kappa shape index (κ1) is 13.0. The molecule has 1 rings (SSSR count). The monoisotopic (exact) mass is 292 g/mol. The molecule has 4 nitrogen and oxygen atoms in total. The Labute approximate surface area is 103 Å². The highest BCUT2D eigenvalue weighted by molar-refractivity contribution is 9.10. The van der Waals surface area contributed by atoms with E-state index >= 15 is 0 Å². The fraction of sp³-hybridized carbons (Fsp3) is 0.667. The number of hydrazine groups is 1.